The van der Waals surface area contributed by atoms with E-state index in [9.17, 15) is 23.4 Å². The van der Waals surface area contributed by atoms with E-state index in [1.807, 2.05) is 0 Å². The van der Waals surface area contributed by atoms with Crippen molar-refractivity contribution in [2.75, 3.05) is 6.26 Å². The Balaban J connectivity index is 2.00. The quantitative estimate of drug-likeness (QED) is 0.754. The summed E-state index contributed by atoms with van der Waals surface area (Å²) in [5.74, 6) is 4.89. The smallest absolute Gasteiger partial charge is 0.324 e. The zero-order valence-electron chi connectivity index (χ0n) is 12.9. The Morgan fingerprint density at radius 3 is 2.70 bits per heavy atom. The van der Waals surface area contributed by atoms with Gasteiger partial charge in [0.25, 0.3) is 0 Å². The van der Waals surface area contributed by atoms with Crippen LogP contribution in [-0.4, -0.2) is 46.9 Å². The number of aliphatic hydroxyl groups is 1. The highest BCUT2D eigenvalue weighted by Crippen LogP contribution is 2.26. The van der Waals surface area contributed by atoms with Crippen molar-refractivity contribution in [2.24, 2.45) is 5.92 Å². The van der Waals surface area contributed by atoms with Gasteiger partial charge in [0.15, 0.2) is 14.6 Å². The largest absolute Gasteiger partial charge is 0.480 e. The Kier molecular flexibility index (Phi) is 4.82. The monoisotopic (exact) mass is 341 g/mol. The molecule has 126 valence electrons. The number of aromatic nitrogens is 1. The highest BCUT2D eigenvalue weighted by Gasteiger charge is 2.43. The number of carboxylic acid groups (broad SMARTS) is 1. The molecule has 1 fully saturated rings. The normalized spacial score (nSPS) is 23.3. The summed E-state index contributed by atoms with van der Waals surface area (Å²) in [5.41, 5.74) is 0.457. The fourth-order valence-corrected chi connectivity index (χ4v) is 2.97. The van der Waals surface area contributed by atoms with Crippen LogP contribution in [0.2, 0.25) is 0 Å². The number of hydrogen-bond acceptors (Lipinski definition) is 6. The predicted molar refractivity (Wildman–Crippen MR) is 81.3 cm³/mol. The van der Waals surface area contributed by atoms with Crippen molar-refractivity contribution in [3.05, 3.63) is 17.5 Å². The van der Waals surface area contributed by atoms with Gasteiger partial charge < -0.3 is 14.7 Å². The van der Waals surface area contributed by atoms with Crippen LogP contribution >= 0.6 is 0 Å². The summed E-state index contributed by atoms with van der Waals surface area (Å²) < 4.78 is 26.6. The van der Waals surface area contributed by atoms with Crippen LogP contribution in [-0.2, 0) is 21.1 Å². The Morgan fingerprint density at radius 1 is 1.52 bits per heavy atom. The second-order valence-electron chi connectivity index (χ2n) is 6.08. The van der Waals surface area contributed by atoms with Crippen LogP contribution in [0, 0.1) is 17.8 Å². The van der Waals surface area contributed by atoms with Gasteiger partial charge in [0.2, 0.25) is 5.76 Å². The topological polar surface area (TPSA) is 118 Å². The second-order valence-corrected chi connectivity index (χ2v) is 8.53. The molecule has 1 aromatic rings. The van der Waals surface area contributed by atoms with Gasteiger partial charge in [-0.1, -0.05) is 11.1 Å². The van der Waals surface area contributed by atoms with Crippen LogP contribution in [0.15, 0.2) is 10.6 Å². The van der Waals surface area contributed by atoms with E-state index in [2.05, 4.69) is 17.0 Å². The van der Waals surface area contributed by atoms with Crippen LogP contribution in [0.4, 0.5) is 0 Å². The molecule has 1 aliphatic carbocycles. The molecule has 1 aromatic heterocycles. The number of hydrogen-bond donors (Lipinski definition) is 2. The van der Waals surface area contributed by atoms with E-state index in [1.165, 1.54) is 6.92 Å². The van der Waals surface area contributed by atoms with Crippen molar-refractivity contribution >= 4 is 15.8 Å². The maximum atomic E-state index is 11.7. The number of aliphatic hydroxyl groups excluding tert-OH is 1. The summed E-state index contributed by atoms with van der Waals surface area (Å²) in [6.45, 7) is 1.19. The van der Waals surface area contributed by atoms with Gasteiger partial charge >= 0.3 is 5.97 Å². The van der Waals surface area contributed by atoms with E-state index < -0.39 is 20.6 Å². The number of aliphatic carboxylic acids is 1. The molecule has 1 saturated carbocycles. The molecular weight excluding hydrogens is 322 g/mol. The Bertz CT molecular complexity index is 750. The fraction of sp³-hybridized carbons (Fsp3) is 0.600. The number of nitrogens with zero attached hydrogens (tertiary/aromatic N) is 1. The first-order chi connectivity index (χ1) is 10.6. The first-order valence-electron chi connectivity index (χ1n) is 7.20. The van der Waals surface area contributed by atoms with Gasteiger partial charge in [-0.3, -0.25) is 4.79 Å². The van der Waals surface area contributed by atoms with Gasteiger partial charge in [-0.15, -0.1) is 0 Å². The van der Waals surface area contributed by atoms with Crippen LogP contribution in [0.5, 0.6) is 0 Å². The van der Waals surface area contributed by atoms with E-state index >= 15 is 0 Å². The van der Waals surface area contributed by atoms with E-state index in [1.54, 1.807) is 6.07 Å². The van der Waals surface area contributed by atoms with Crippen molar-refractivity contribution in [2.45, 2.75) is 43.5 Å². The zero-order valence-corrected chi connectivity index (χ0v) is 13.8. The number of aryl methyl sites for hydroxylation is 1. The molecule has 0 amide bonds. The molecule has 1 aliphatic rings. The number of carboxylic acids is 1. The third-order valence-corrected chi connectivity index (χ3v) is 6.22. The second kappa shape index (κ2) is 6.34. The summed E-state index contributed by atoms with van der Waals surface area (Å²) in [4.78, 5) is 11.3. The molecular formula is C15H19NO6S. The fourth-order valence-electron chi connectivity index (χ4n) is 2.18. The molecule has 2 rings (SSSR count). The molecule has 23 heavy (non-hydrogen) atoms. The van der Waals surface area contributed by atoms with Crippen LogP contribution in [0.3, 0.4) is 0 Å². The minimum absolute atomic E-state index is 0.102. The van der Waals surface area contributed by atoms with E-state index in [0.29, 0.717) is 24.3 Å². The van der Waals surface area contributed by atoms with Crippen molar-refractivity contribution in [1.82, 2.24) is 5.16 Å². The lowest BCUT2D eigenvalue weighted by Crippen LogP contribution is -2.43. The molecule has 8 heteroatoms. The van der Waals surface area contributed by atoms with Crippen LogP contribution < -0.4 is 0 Å². The molecule has 0 unspecified atom stereocenters. The molecule has 0 aliphatic heterocycles. The van der Waals surface area contributed by atoms with E-state index in [-0.39, 0.29) is 24.9 Å². The maximum absolute atomic E-state index is 11.7. The Labute approximate surface area is 134 Å². The molecule has 0 bridgehead atoms. The maximum Gasteiger partial charge on any atom is 0.324 e. The van der Waals surface area contributed by atoms with Gasteiger partial charge in [-0.25, -0.2) is 8.42 Å². The van der Waals surface area contributed by atoms with E-state index in [4.69, 9.17) is 4.52 Å². The zero-order chi connectivity index (χ0) is 17.3. The van der Waals surface area contributed by atoms with Crippen LogP contribution in [0.25, 0.3) is 0 Å². The molecule has 0 spiro atoms. The predicted octanol–water partition coefficient (Wildman–Crippen LogP) is 0.617. The highest BCUT2D eigenvalue weighted by atomic mass is 32.2. The first kappa shape index (κ1) is 17.5. The number of carbonyl (C=O) groups is 1. The molecule has 0 saturated heterocycles. The van der Waals surface area contributed by atoms with Gasteiger partial charge in [-0.2, -0.15) is 0 Å². The first-order valence-corrected chi connectivity index (χ1v) is 9.09. The standard InChI is InChI=1S/C15H19NO6S/c1-15(14(18)19,23(2,20)21)6-5-11-9-13(22-16-11)4-3-10-7-12(17)8-10/h9-10,12,17H,5-8H2,1-2H3,(H,18,19)/t10?,12?,15-/m1/s1. The summed E-state index contributed by atoms with van der Waals surface area (Å²) in [6, 6.07) is 1.58. The third kappa shape index (κ3) is 3.92. The van der Waals surface area contributed by atoms with Crippen molar-refractivity contribution in [3.63, 3.8) is 0 Å². The summed E-state index contributed by atoms with van der Waals surface area (Å²) >= 11 is 0. The van der Waals surface area contributed by atoms with Gasteiger partial charge in [0.1, 0.15) is 0 Å². The van der Waals surface area contributed by atoms with Gasteiger partial charge in [0.05, 0.1) is 11.8 Å². The third-order valence-electron chi connectivity index (χ3n) is 4.20. The molecule has 2 N–H and O–H groups in total. The molecule has 1 heterocycles. The van der Waals surface area contributed by atoms with E-state index in [0.717, 1.165) is 6.26 Å². The average molecular weight is 341 g/mol. The summed E-state index contributed by atoms with van der Waals surface area (Å²) in [5, 5.41) is 22.1. The molecule has 7 nitrogen and oxygen atoms in total. The minimum Gasteiger partial charge on any atom is -0.480 e. The molecule has 0 radical (unpaired) electrons. The number of sulfone groups is 1. The molecule has 1 atom stereocenters. The number of rotatable bonds is 5. The lowest BCUT2D eigenvalue weighted by molar-refractivity contribution is -0.139. The van der Waals surface area contributed by atoms with Crippen molar-refractivity contribution < 1.29 is 27.9 Å². The summed E-state index contributed by atoms with van der Waals surface area (Å²) in [7, 11) is -3.76. The summed E-state index contributed by atoms with van der Waals surface area (Å²) in [6.07, 6.45) is 2.00. The lowest BCUT2D eigenvalue weighted by Gasteiger charge is -2.26. The SMILES string of the molecule is C[C@@](CCc1cc(C#CC2CC(O)C2)on1)(C(=O)O)S(C)(=O)=O. The van der Waals surface area contributed by atoms with Gasteiger partial charge in [0, 0.05) is 18.2 Å². The Hall–Kier alpha value is -1.85. The lowest BCUT2D eigenvalue weighted by atomic mass is 9.83. The van der Waals surface area contributed by atoms with Gasteiger partial charge in [-0.05, 0) is 38.5 Å². The van der Waals surface area contributed by atoms with Crippen molar-refractivity contribution in [3.8, 4) is 11.8 Å². The average Bonchev–Trinajstić information content (AvgIpc) is 2.86. The Morgan fingerprint density at radius 2 is 2.17 bits per heavy atom. The minimum atomic E-state index is -3.76. The van der Waals surface area contributed by atoms with Crippen LogP contribution in [0.1, 0.15) is 37.6 Å². The molecule has 0 aromatic carbocycles. The highest BCUT2D eigenvalue weighted by molar-refractivity contribution is 7.92. The van der Waals surface area contributed by atoms with Crippen molar-refractivity contribution in [1.29, 1.82) is 0 Å².